The van der Waals surface area contributed by atoms with Crippen LogP contribution in [0.25, 0.3) is 0 Å². The minimum absolute atomic E-state index is 0.359. The van der Waals surface area contributed by atoms with Crippen molar-refractivity contribution < 1.29 is 23.9 Å². The zero-order valence-corrected chi connectivity index (χ0v) is 20.3. The average molecular weight is 488 g/mol. The minimum atomic E-state index is -0.891. The van der Waals surface area contributed by atoms with Crippen LogP contribution in [0, 0.1) is 0 Å². The number of hydrogen-bond acceptors (Lipinski definition) is 6. The van der Waals surface area contributed by atoms with E-state index in [1.54, 1.807) is 60.7 Å². The molecule has 36 heavy (non-hydrogen) atoms. The summed E-state index contributed by atoms with van der Waals surface area (Å²) in [5.41, 5.74) is 4.89. The number of benzene rings is 3. The zero-order valence-electron chi connectivity index (χ0n) is 20.3. The van der Waals surface area contributed by atoms with Crippen LogP contribution in [0.15, 0.2) is 77.9 Å². The van der Waals surface area contributed by atoms with Crippen LogP contribution >= 0.6 is 0 Å². The summed E-state index contributed by atoms with van der Waals surface area (Å²) in [7, 11) is 0. The van der Waals surface area contributed by atoms with Crippen LogP contribution in [-0.4, -0.2) is 30.6 Å². The Balaban J connectivity index is 1.46. The summed E-state index contributed by atoms with van der Waals surface area (Å²) in [4.78, 5) is 36.3. The molecule has 3 aromatic carbocycles. The Kier molecular flexibility index (Phi) is 9.76. The molecule has 0 aromatic heterocycles. The van der Waals surface area contributed by atoms with Gasteiger partial charge in [-0.3, -0.25) is 9.59 Å². The Bertz CT molecular complexity index is 1190. The molecule has 8 heteroatoms. The van der Waals surface area contributed by atoms with Crippen molar-refractivity contribution in [2.45, 2.75) is 33.1 Å². The molecule has 0 radical (unpaired) electrons. The summed E-state index contributed by atoms with van der Waals surface area (Å²) in [5, 5.41) is 6.31. The third kappa shape index (κ3) is 8.09. The summed E-state index contributed by atoms with van der Waals surface area (Å²) < 4.78 is 11.0. The molecule has 8 nitrogen and oxygen atoms in total. The summed E-state index contributed by atoms with van der Waals surface area (Å²) in [5.74, 6) is -1.13. The van der Waals surface area contributed by atoms with Crippen molar-refractivity contribution in [3.63, 3.8) is 0 Å². The van der Waals surface area contributed by atoms with Gasteiger partial charge >= 0.3 is 17.8 Å². The Hall–Kier alpha value is -4.46. The molecule has 0 aliphatic carbocycles. The summed E-state index contributed by atoms with van der Waals surface area (Å²) in [6.07, 6.45) is 4.29. The monoisotopic (exact) mass is 487 g/mol. The van der Waals surface area contributed by atoms with E-state index in [-0.39, 0.29) is 0 Å². The Morgan fingerprint density at radius 2 is 1.50 bits per heavy atom. The molecule has 3 aromatic rings. The van der Waals surface area contributed by atoms with Crippen LogP contribution in [0.3, 0.4) is 0 Å². The van der Waals surface area contributed by atoms with Crippen molar-refractivity contribution in [2.75, 3.05) is 11.9 Å². The van der Waals surface area contributed by atoms with Gasteiger partial charge in [0, 0.05) is 5.69 Å². The lowest BCUT2D eigenvalue weighted by Crippen LogP contribution is -2.32. The molecule has 0 atom stereocenters. The highest BCUT2D eigenvalue weighted by Crippen LogP contribution is 2.17. The van der Waals surface area contributed by atoms with Crippen molar-refractivity contribution in [1.29, 1.82) is 0 Å². The van der Waals surface area contributed by atoms with Crippen molar-refractivity contribution in [3.8, 4) is 11.5 Å². The van der Waals surface area contributed by atoms with Gasteiger partial charge in [0.05, 0.1) is 18.4 Å². The number of aryl methyl sites for hydroxylation is 1. The summed E-state index contributed by atoms with van der Waals surface area (Å²) in [6, 6.07) is 20.6. The van der Waals surface area contributed by atoms with Crippen molar-refractivity contribution in [1.82, 2.24) is 5.43 Å². The molecule has 2 amide bonds. The standard InChI is InChI=1S/C28H29N3O5/c1-3-5-18-35-24-16-10-22(11-17-24)28(34)36-25-14-8-21(9-15-25)19-29-31-27(33)26(32)30-23-12-6-20(4-2)7-13-23/h6-17,19H,3-5,18H2,1-2H3,(H,30,32)(H,31,33)/b29-19+. The minimum Gasteiger partial charge on any atom is -0.494 e. The SMILES string of the molecule is CCCCOc1ccc(C(=O)Oc2ccc(/C=N/NC(=O)C(=O)Nc3ccc(CC)cc3)cc2)cc1. The number of carbonyl (C=O) groups excluding carboxylic acids is 3. The zero-order chi connectivity index (χ0) is 25.8. The molecule has 0 saturated heterocycles. The number of esters is 1. The van der Waals surface area contributed by atoms with Gasteiger partial charge in [0.15, 0.2) is 0 Å². The average Bonchev–Trinajstić information content (AvgIpc) is 2.90. The first-order chi connectivity index (χ1) is 17.5. The molecule has 0 heterocycles. The van der Waals surface area contributed by atoms with E-state index >= 15 is 0 Å². The van der Waals surface area contributed by atoms with Gasteiger partial charge in [-0.05, 0) is 84.6 Å². The van der Waals surface area contributed by atoms with Gasteiger partial charge < -0.3 is 14.8 Å². The topological polar surface area (TPSA) is 106 Å². The lowest BCUT2D eigenvalue weighted by molar-refractivity contribution is -0.136. The number of anilines is 1. The molecule has 0 bridgehead atoms. The van der Waals surface area contributed by atoms with Crippen LogP contribution in [0.1, 0.15) is 48.2 Å². The number of nitrogens with one attached hydrogen (secondary N) is 2. The molecule has 0 saturated carbocycles. The van der Waals surface area contributed by atoms with Crippen molar-refractivity contribution >= 4 is 29.7 Å². The van der Waals surface area contributed by atoms with Gasteiger partial charge in [-0.1, -0.05) is 32.4 Å². The largest absolute Gasteiger partial charge is 0.494 e. The fourth-order valence-corrected chi connectivity index (χ4v) is 3.04. The van der Waals surface area contributed by atoms with E-state index in [2.05, 4.69) is 22.8 Å². The van der Waals surface area contributed by atoms with Gasteiger partial charge in [-0.15, -0.1) is 0 Å². The number of ether oxygens (including phenoxy) is 2. The van der Waals surface area contributed by atoms with Gasteiger partial charge in [0.1, 0.15) is 11.5 Å². The molecule has 0 aliphatic heterocycles. The smallest absolute Gasteiger partial charge is 0.343 e. The molecule has 3 rings (SSSR count). The summed E-state index contributed by atoms with van der Waals surface area (Å²) in [6.45, 7) is 4.76. The van der Waals surface area contributed by atoms with E-state index in [1.165, 1.54) is 6.21 Å². The van der Waals surface area contributed by atoms with Crippen LogP contribution in [0.4, 0.5) is 5.69 Å². The molecule has 2 N–H and O–H groups in total. The number of rotatable bonds is 10. The predicted octanol–water partition coefficient (Wildman–Crippen LogP) is 4.74. The first-order valence-corrected chi connectivity index (χ1v) is 11.8. The van der Waals surface area contributed by atoms with Crippen LogP contribution in [0.5, 0.6) is 11.5 Å². The molecular formula is C28H29N3O5. The molecule has 0 unspecified atom stereocenters. The maximum absolute atomic E-state index is 12.4. The van der Waals surface area contributed by atoms with E-state index in [1.807, 2.05) is 19.1 Å². The molecular weight excluding hydrogens is 458 g/mol. The second-order valence-corrected chi connectivity index (χ2v) is 7.89. The third-order valence-electron chi connectivity index (χ3n) is 5.15. The number of unbranched alkanes of at least 4 members (excludes halogenated alkanes) is 1. The molecule has 0 spiro atoms. The van der Waals surface area contributed by atoms with E-state index < -0.39 is 17.8 Å². The maximum Gasteiger partial charge on any atom is 0.343 e. The van der Waals surface area contributed by atoms with Crippen LogP contribution in [0.2, 0.25) is 0 Å². The highest BCUT2D eigenvalue weighted by Gasteiger charge is 2.13. The number of nitrogens with zero attached hydrogens (tertiary/aromatic N) is 1. The number of carbonyl (C=O) groups is 3. The fraction of sp³-hybridized carbons (Fsp3) is 0.214. The summed E-state index contributed by atoms with van der Waals surface area (Å²) >= 11 is 0. The number of hydrogen-bond donors (Lipinski definition) is 2. The second kappa shape index (κ2) is 13.4. The van der Waals surface area contributed by atoms with E-state index in [0.717, 1.165) is 24.8 Å². The van der Waals surface area contributed by atoms with E-state index in [9.17, 15) is 14.4 Å². The second-order valence-electron chi connectivity index (χ2n) is 7.89. The Morgan fingerprint density at radius 3 is 2.14 bits per heavy atom. The lowest BCUT2D eigenvalue weighted by Gasteiger charge is -2.07. The van der Waals surface area contributed by atoms with Crippen molar-refractivity contribution in [3.05, 3.63) is 89.5 Å². The first-order valence-electron chi connectivity index (χ1n) is 11.8. The predicted molar refractivity (Wildman–Crippen MR) is 138 cm³/mol. The molecule has 0 fully saturated rings. The highest BCUT2D eigenvalue weighted by molar-refractivity contribution is 6.39. The van der Waals surface area contributed by atoms with Gasteiger partial charge in [-0.2, -0.15) is 5.10 Å². The first kappa shape index (κ1) is 26.2. The fourth-order valence-electron chi connectivity index (χ4n) is 3.04. The van der Waals surface area contributed by atoms with Gasteiger partial charge in [-0.25, -0.2) is 10.2 Å². The molecule has 186 valence electrons. The Morgan fingerprint density at radius 1 is 0.833 bits per heavy atom. The highest BCUT2D eigenvalue weighted by atomic mass is 16.5. The number of amides is 2. The third-order valence-corrected chi connectivity index (χ3v) is 5.15. The van der Waals surface area contributed by atoms with E-state index in [0.29, 0.717) is 34.9 Å². The number of hydrazone groups is 1. The van der Waals surface area contributed by atoms with Crippen molar-refractivity contribution in [2.24, 2.45) is 5.10 Å². The van der Waals surface area contributed by atoms with Crippen LogP contribution < -0.4 is 20.2 Å². The van der Waals surface area contributed by atoms with E-state index in [4.69, 9.17) is 9.47 Å². The lowest BCUT2D eigenvalue weighted by atomic mass is 10.1. The maximum atomic E-state index is 12.4. The normalized spacial score (nSPS) is 10.6. The quantitative estimate of drug-likeness (QED) is 0.107. The van der Waals surface area contributed by atoms with Gasteiger partial charge in [0.2, 0.25) is 0 Å². The Labute approximate surface area is 210 Å². The molecule has 0 aliphatic rings. The van der Waals surface area contributed by atoms with Crippen LogP contribution in [-0.2, 0) is 16.0 Å². The van der Waals surface area contributed by atoms with Gasteiger partial charge in [0.25, 0.3) is 0 Å².